The molecule has 24 heavy (non-hydrogen) atoms. The van der Waals surface area contributed by atoms with E-state index in [-0.39, 0.29) is 31.0 Å². The van der Waals surface area contributed by atoms with Crippen molar-refractivity contribution in [3.05, 3.63) is 59.2 Å². The molecule has 1 saturated heterocycles. The van der Waals surface area contributed by atoms with Crippen LogP contribution >= 0.6 is 12.4 Å². The highest BCUT2D eigenvalue weighted by molar-refractivity contribution is 5.85. The molecule has 2 aromatic carbocycles. The van der Waals surface area contributed by atoms with Gasteiger partial charge >= 0.3 is 6.18 Å². The number of benzene rings is 2. The predicted octanol–water partition coefficient (Wildman–Crippen LogP) is 4.38. The maximum Gasteiger partial charge on any atom is 0.416 e. The van der Waals surface area contributed by atoms with Gasteiger partial charge in [0.2, 0.25) is 0 Å². The lowest BCUT2D eigenvalue weighted by molar-refractivity contribution is -0.139. The molecule has 0 aliphatic carbocycles. The molecule has 6 heteroatoms. The molecule has 0 amide bonds. The zero-order chi connectivity index (χ0) is 16.0. The van der Waals surface area contributed by atoms with Gasteiger partial charge in [0.1, 0.15) is 0 Å². The van der Waals surface area contributed by atoms with Crippen molar-refractivity contribution in [3.8, 4) is 11.1 Å². The summed E-state index contributed by atoms with van der Waals surface area (Å²) in [4.78, 5) is 0. The third kappa shape index (κ3) is 2.92. The van der Waals surface area contributed by atoms with Crippen LogP contribution in [0.2, 0.25) is 0 Å². The van der Waals surface area contributed by atoms with Gasteiger partial charge in [0.05, 0.1) is 18.3 Å². The number of halogens is 4. The maximum absolute atomic E-state index is 13.5. The average molecular weight is 356 g/mol. The van der Waals surface area contributed by atoms with Crippen LogP contribution in [0.1, 0.15) is 22.6 Å². The number of hydrogen-bond donors (Lipinski definition) is 1. The minimum atomic E-state index is -4.38. The topological polar surface area (TPSA) is 21.3 Å². The first kappa shape index (κ1) is 17.3. The second-order valence-electron chi connectivity index (χ2n) is 6.07. The quantitative estimate of drug-likeness (QED) is 0.819. The van der Waals surface area contributed by atoms with Gasteiger partial charge in [-0.15, -0.1) is 12.4 Å². The van der Waals surface area contributed by atoms with Gasteiger partial charge in [-0.3, -0.25) is 0 Å². The third-order valence-corrected chi connectivity index (χ3v) is 4.70. The molecule has 2 aromatic rings. The van der Waals surface area contributed by atoms with E-state index in [0.717, 1.165) is 11.1 Å². The van der Waals surface area contributed by atoms with Crippen molar-refractivity contribution in [2.24, 2.45) is 0 Å². The molecule has 0 spiro atoms. The summed E-state index contributed by atoms with van der Waals surface area (Å²) >= 11 is 0. The van der Waals surface area contributed by atoms with Crippen molar-refractivity contribution < 1.29 is 17.9 Å². The highest BCUT2D eigenvalue weighted by Crippen LogP contribution is 2.43. The average Bonchev–Trinajstić information content (AvgIpc) is 3.02. The van der Waals surface area contributed by atoms with E-state index in [4.69, 9.17) is 4.74 Å². The van der Waals surface area contributed by atoms with E-state index in [0.29, 0.717) is 24.2 Å². The van der Waals surface area contributed by atoms with Crippen LogP contribution in [0.5, 0.6) is 0 Å². The lowest BCUT2D eigenvalue weighted by atomic mass is 9.84. The van der Waals surface area contributed by atoms with Crippen molar-refractivity contribution in [2.45, 2.75) is 24.8 Å². The summed E-state index contributed by atoms with van der Waals surface area (Å²) in [6, 6.07) is 12.4. The molecule has 0 unspecified atom stereocenters. The number of nitrogens with one attached hydrogen (secondary N) is 1. The molecular weight excluding hydrogens is 339 g/mol. The lowest BCUT2D eigenvalue weighted by Crippen LogP contribution is -2.29. The van der Waals surface area contributed by atoms with Crippen LogP contribution in [0.3, 0.4) is 0 Å². The van der Waals surface area contributed by atoms with Gasteiger partial charge in [0, 0.05) is 19.0 Å². The number of alkyl halides is 3. The largest absolute Gasteiger partial charge is 0.416 e. The summed E-state index contributed by atoms with van der Waals surface area (Å²) in [5.41, 5.74) is 1.92. The first-order valence-corrected chi connectivity index (χ1v) is 7.66. The molecule has 4 rings (SSSR count). The molecular formula is C18H17ClF3NO. The van der Waals surface area contributed by atoms with E-state index in [2.05, 4.69) is 5.32 Å². The minimum absolute atomic E-state index is 0. The normalized spacial score (nSPS) is 22.5. The zero-order valence-electron chi connectivity index (χ0n) is 12.8. The first-order valence-electron chi connectivity index (χ1n) is 7.66. The van der Waals surface area contributed by atoms with E-state index < -0.39 is 11.7 Å². The van der Waals surface area contributed by atoms with Gasteiger partial charge < -0.3 is 10.1 Å². The second kappa shape index (κ2) is 6.39. The van der Waals surface area contributed by atoms with Crippen LogP contribution < -0.4 is 5.32 Å². The first-order chi connectivity index (χ1) is 11.0. The smallest absolute Gasteiger partial charge is 0.372 e. The summed E-state index contributed by atoms with van der Waals surface area (Å²) in [6.07, 6.45) is -4.41. The Hall–Kier alpha value is -1.56. The summed E-state index contributed by atoms with van der Waals surface area (Å²) in [5.74, 6) is -0.0106. The fourth-order valence-corrected chi connectivity index (χ4v) is 3.57. The number of hydrogen-bond acceptors (Lipinski definition) is 2. The van der Waals surface area contributed by atoms with Crippen LogP contribution in [-0.2, 0) is 17.5 Å². The minimum Gasteiger partial charge on any atom is -0.372 e. The summed E-state index contributed by atoms with van der Waals surface area (Å²) in [5, 5.41) is 3.22. The fraction of sp³-hybridized carbons (Fsp3) is 0.333. The van der Waals surface area contributed by atoms with Crippen LogP contribution in [0.25, 0.3) is 11.1 Å². The highest BCUT2D eigenvalue weighted by Gasteiger charge is 2.41. The van der Waals surface area contributed by atoms with Crippen molar-refractivity contribution in [2.75, 3.05) is 13.1 Å². The van der Waals surface area contributed by atoms with E-state index in [1.807, 2.05) is 36.4 Å². The van der Waals surface area contributed by atoms with E-state index in [9.17, 15) is 13.2 Å². The molecule has 0 radical (unpaired) electrons. The molecule has 2 aliphatic rings. The van der Waals surface area contributed by atoms with Crippen molar-refractivity contribution in [3.63, 3.8) is 0 Å². The van der Waals surface area contributed by atoms with Crippen molar-refractivity contribution in [1.82, 2.24) is 5.32 Å². The second-order valence-corrected chi connectivity index (χ2v) is 6.07. The Bertz CT molecular complexity index is 733. The highest BCUT2D eigenvalue weighted by atomic mass is 35.5. The van der Waals surface area contributed by atoms with Gasteiger partial charge in [-0.2, -0.15) is 13.2 Å². The molecule has 0 saturated carbocycles. The Morgan fingerprint density at radius 3 is 2.46 bits per heavy atom. The molecule has 2 atom stereocenters. The molecule has 1 N–H and O–H groups in total. The Labute approximate surface area is 144 Å². The standard InChI is InChI=1S/C18H16F3NO.ClH/c19-18(20,21)16-7-12(11-4-2-1-3-5-11)6-13-14-8-22-9-17(14)23-10-15(13)16;/h1-7,14,17,22H,8-10H2;1H/t14-,17-;/m0./s1. The Morgan fingerprint density at radius 2 is 1.75 bits per heavy atom. The van der Waals surface area contributed by atoms with E-state index in [1.54, 1.807) is 0 Å². The van der Waals surface area contributed by atoms with E-state index in [1.165, 1.54) is 6.07 Å². The summed E-state index contributed by atoms with van der Waals surface area (Å²) in [7, 11) is 0. The van der Waals surface area contributed by atoms with Gasteiger partial charge in [-0.25, -0.2) is 0 Å². The summed E-state index contributed by atoms with van der Waals surface area (Å²) in [6.45, 7) is 1.39. The number of rotatable bonds is 1. The SMILES string of the molecule is Cl.FC(F)(F)c1cc(-c2ccccc2)cc2c1CO[C@H]1CNC[C@@H]21. The Balaban J connectivity index is 0.00000169. The van der Waals surface area contributed by atoms with Crippen molar-refractivity contribution in [1.29, 1.82) is 0 Å². The van der Waals surface area contributed by atoms with E-state index >= 15 is 0 Å². The molecule has 0 aromatic heterocycles. The molecule has 2 heterocycles. The Morgan fingerprint density at radius 1 is 1.00 bits per heavy atom. The molecule has 1 fully saturated rings. The molecule has 2 nitrogen and oxygen atoms in total. The fourth-order valence-electron chi connectivity index (χ4n) is 3.57. The monoisotopic (exact) mass is 355 g/mol. The third-order valence-electron chi connectivity index (χ3n) is 4.70. The summed E-state index contributed by atoms with van der Waals surface area (Å²) < 4.78 is 46.3. The maximum atomic E-state index is 13.5. The molecule has 0 bridgehead atoms. The molecule has 128 valence electrons. The predicted molar refractivity (Wildman–Crippen MR) is 88.3 cm³/mol. The van der Waals surface area contributed by atoms with Crippen LogP contribution in [0.4, 0.5) is 13.2 Å². The van der Waals surface area contributed by atoms with Crippen molar-refractivity contribution >= 4 is 12.4 Å². The van der Waals surface area contributed by atoms with Gasteiger partial charge in [0.25, 0.3) is 0 Å². The number of ether oxygens (including phenoxy) is 1. The molecule has 2 aliphatic heterocycles. The van der Waals surface area contributed by atoms with Crippen LogP contribution in [0, 0.1) is 0 Å². The van der Waals surface area contributed by atoms with Gasteiger partial charge in [0.15, 0.2) is 0 Å². The van der Waals surface area contributed by atoms with Crippen LogP contribution in [0.15, 0.2) is 42.5 Å². The zero-order valence-corrected chi connectivity index (χ0v) is 13.6. The van der Waals surface area contributed by atoms with Crippen LogP contribution in [-0.4, -0.2) is 19.2 Å². The van der Waals surface area contributed by atoms with Gasteiger partial charge in [-0.05, 0) is 28.3 Å². The Kier molecular flexibility index (Phi) is 4.60. The number of fused-ring (bicyclic) bond motifs is 3. The lowest BCUT2D eigenvalue weighted by Gasteiger charge is -2.31. The van der Waals surface area contributed by atoms with Gasteiger partial charge in [-0.1, -0.05) is 36.4 Å².